The van der Waals surface area contributed by atoms with E-state index in [9.17, 15) is 0 Å². The van der Waals surface area contributed by atoms with Crippen LogP contribution in [0.2, 0.25) is 0 Å². The fourth-order valence-electron chi connectivity index (χ4n) is 1.36. The van der Waals surface area contributed by atoms with E-state index in [1.54, 1.807) is 18.0 Å². The average molecular weight is 231 g/mol. The second kappa shape index (κ2) is 5.51. The number of hydrogen-bond acceptors (Lipinski definition) is 4. The molecule has 16 heavy (non-hydrogen) atoms. The maximum absolute atomic E-state index is 4.27. The topological polar surface area (TPSA) is 37.8 Å². The first-order chi connectivity index (χ1) is 7.90. The van der Waals surface area contributed by atoms with Crippen LogP contribution in [-0.4, -0.2) is 17.0 Å². The van der Waals surface area contributed by atoms with Crippen molar-refractivity contribution in [2.75, 3.05) is 12.4 Å². The summed E-state index contributed by atoms with van der Waals surface area (Å²) in [4.78, 5) is 8.54. The van der Waals surface area contributed by atoms with Gasteiger partial charge < -0.3 is 5.32 Å². The summed E-state index contributed by atoms with van der Waals surface area (Å²) in [6.07, 6.45) is 3.60. The lowest BCUT2D eigenvalue weighted by Gasteiger charge is -2.06. The van der Waals surface area contributed by atoms with E-state index in [-0.39, 0.29) is 0 Å². The third kappa shape index (κ3) is 2.73. The zero-order valence-corrected chi connectivity index (χ0v) is 9.87. The van der Waals surface area contributed by atoms with Gasteiger partial charge in [0.15, 0.2) is 0 Å². The highest BCUT2D eigenvalue weighted by atomic mass is 32.2. The zero-order chi connectivity index (χ0) is 11.2. The van der Waals surface area contributed by atoms with Gasteiger partial charge in [0, 0.05) is 30.8 Å². The van der Waals surface area contributed by atoms with E-state index in [4.69, 9.17) is 0 Å². The molecule has 1 N–H and O–H groups in total. The molecule has 3 nitrogen and oxygen atoms in total. The molecule has 0 spiro atoms. The summed E-state index contributed by atoms with van der Waals surface area (Å²) in [6, 6.07) is 9.97. The van der Waals surface area contributed by atoms with E-state index in [0.717, 1.165) is 16.6 Å². The Bertz CT molecular complexity index is 445. The second-order valence-electron chi connectivity index (χ2n) is 3.22. The Morgan fingerprint density at radius 1 is 1.12 bits per heavy atom. The van der Waals surface area contributed by atoms with Gasteiger partial charge in [0.1, 0.15) is 5.82 Å². The van der Waals surface area contributed by atoms with E-state index in [0.29, 0.717) is 0 Å². The van der Waals surface area contributed by atoms with E-state index in [2.05, 4.69) is 21.4 Å². The lowest BCUT2D eigenvalue weighted by atomic mass is 10.3. The molecule has 0 aromatic carbocycles. The van der Waals surface area contributed by atoms with Crippen molar-refractivity contribution in [1.29, 1.82) is 0 Å². The Kier molecular flexibility index (Phi) is 3.77. The first-order valence-corrected chi connectivity index (χ1v) is 6.04. The highest BCUT2D eigenvalue weighted by molar-refractivity contribution is 7.98. The third-order valence-electron chi connectivity index (χ3n) is 2.14. The van der Waals surface area contributed by atoms with Crippen LogP contribution in [-0.2, 0) is 5.75 Å². The maximum Gasteiger partial charge on any atom is 0.129 e. The Morgan fingerprint density at radius 3 is 2.75 bits per heavy atom. The SMILES string of the molecule is CNc1ncccc1CSc1ccccn1. The van der Waals surface area contributed by atoms with Gasteiger partial charge in [0.2, 0.25) is 0 Å². The molecule has 0 fully saturated rings. The number of pyridine rings is 2. The molecule has 4 heteroatoms. The van der Waals surface area contributed by atoms with Gasteiger partial charge in [-0.1, -0.05) is 12.1 Å². The Balaban J connectivity index is 2.05. The first kappa shape index (κ1) is 11.0. The minimum atomic E-state index is 0.876. The van der Waals surface area contributed by atoms with Crippen LogP contribution in [0, 0.1) is 0 Å². The van der Waals surface area contributed by atoms with Gasteiger partial charge in [-0.05, 0) is 18.2 Å². The fourth-order valence-corrected chi connectivity index (χ4v) is 2.21. The number of anilines is 1. The second-order valence-corrected chi connectivity index (χ2v) is 4.21. The van der Waals surface area contributed by atoms with Crippen molar-refractivity contribution in [2.45, 2.75) is 10.8 Å². The zero-order valence-electron chi connectivity index (χ0n) is 9.05. The largest absolute Gasteiger partial charge is 0.373 e. The van der Waals surface area contributed by atoms with Gasteiger partial charge >= 0.3 is 0 Å². The normalized spacial score (nSPS) is 10.1. The minimum Gasteiger partial charge on any atom is -0.373 e. The minimum absolute atomic E-state index is 0.876. The van der Waals surface area contributed by atoms with Crippen LogP contribution in [0.3, 0.4) is 0 Å². The molecule has 0 saturated heterocycles. The highest BCUT2D eigenvalue weighted by Gasteiger charge is 2.02. The number of aromatic nitrogens is 2. The van der Waals surface area contributed by atoms with Crippen molar-refractivity contribution in [3.8, 4) is 0 Å². The van der Waals surface area contributed by atoms with Gasteiger partial charge in [-0.3, -0.25) is 0 Å². The summed E-state index contributed by atoms with van der Waals surface area (Å²) in [7, 11) is 1.89. The van der Waals surface area contributed by atoms with Gasteiger partial charge in [0.25, 0.3) is 0 Å². The Morgan fingerprint density at radius 2 is 2.00 bits per heavy atom. The summed E-state index contributed by atoms with van der Waals surface area (Å²) < 4.78 is 0. The summed E-state index contributed by atoms with van der Waals surface area (Å²) in [5.41, 5.74) is 1.20. The molecule has 0 atom stereocenters. The molecular formula is C12H13N3S. The number of thioether (sulfide) groups is 1. The van der Waals surface area contributed by atoms with Crippen LogP contribution in [0.25, 0.3) is 0 Å². The van der Waals surface area contributed by atoms with Gasteiger partial charge in [0.05, 0.1) is 5.03 Å². The van der Waals surface area contributed by atoms with Crippen LogP contribution >= 0.6 is 11.8 Å². The number of hydrogen-bond donors (Lipinski definition) is 1. The van der Waals surface area contributed by atoms with Crippen molar-refractivity contribution in [3.63, 3.8) is 0 Å². The standard InChI is InChI=1S/C12H13N3S/c1-13-12-10(5-4-8-15-12)9-16-11-6-2-3-7-14-11/h2-8H,9H2,1H3,(H,13,15). The lowest BCUT2D eigenvalue weighted by molar-refractivity contribution is 1.13. The summed E-state index contributed by atoms with van der Waals surface area (Å²) in [6.45, 7) is 0. The fraction of sp³-hybridized carbons (Fsp3) is 0.167. The van der Waals surface area contributed by atoms with Crippen LogP contribution in [0.1, 0.15) is 5.56 Å². The van der Waals surface area contributed by atoms with Gasteiger partial charge in [-0.15, -0.1) is 11.8 Å². The van der Waals surface area contributed by atoms with Crippen LogP contribution < -0.4 is 5.32 Å². The number of nitrogens with one attached hydrogen (secondary N) is 1. The molecule has 0 aliphatic carbocycles. The van der Waals surface area contributed by atoms with Crippen LogP contribution in [0.4, 0.5) is 5.82 Å². The van der Waals surface area contributed by atoms with E-state index in [1.807, 2.05) is 37.5 Å². The van der Waals surface area contributed by atoms with Crippen molar-refractivity contribution in [3.05, 3.63) is 48.3 Å². The van der Waals surface area contributed by atoms with Gasteiger partial charge in [-0.2, -0.15) is 0 Å². The predicted molar refractivity (Wildman–Crippen MR) is 67.6 cm³/mol. The molecule has 82 valence electrons. The quantitative estimate of drug-likeness (QED) is 0.821. The molecule has 0 saturated carbocycles. The third-order valence-corrected chi connectivity index (χ3v) is 3.13. The molecule has 2 aromatic rings. The van der Waals surface area contributed by atoms with Crippen molar-refractivity contribution < 1.29 is 0 Å². The smallest absolute Gasteiger partial charge is 0.129 e. The van der Waals surface area contributed by atoms with Crippen molar-refractivity contribution in [2.24, 2.45) is 0 Å². The number of nitrogens with zero attached hydrogens (tertiary/aromatic N) is 2. The summed E-state index contributed by atoms with van der Waals surface area (Å²) in [5, 5.41) is 4.12. The lowest BCUT2D eigenvalue weighted by Crippen LogP contribution is -1.96. The molecule has 0 aliphatic rings. The first-order valence-electron chi connectivity index (χ1n) is 5.05. The molecule has 2 aromatic heterocycles. The summed E-state index contributed by atoms with van der Waals surface area (Å²) in [5.74, 6) is 1.81. The molecule has 0 amide bonds. The predicted octanol–water partition coefficient (Wildman–Crippen LogP) is 2.81. The summed E-state index contributed by atoms with van der Waals surface area (Å²) >= 11 is 1.71. The van der Waals surface area contributed by atoms with Gasteiger partial charge in [-0.25, -0.2) is 9.97 Å². The molecule has 0 aliphatic heterocycles. The Labute approximate surface area is 99.3 Å². The van der Waals surface area contributed by atoms with E-state index >= 15 is 0 Å². The van der Waals surface area contributed by atoms with Crippen LogP contribution in [0.5, 0.6) is 0 Å². The molecule has 2 heterocycles. The molecule has 2 rings (SSSR count). The molecule has 0 bridgehead atoms. The molecule has 0 unspecified atom stereocenters. The molecular weight excluding hydrogens is 218 g/mol. The van der Waals surface area contributed by atoms with E-state index < -0.39 is 0 Å². The highest BCUT2D eigenvalue weighted by Crippen LogP contribution is 2.23. The molecule has 0 radical (unpaired) electrons. The maximum atomic E-state index is 4.27. The Hall–Kier alpha value is -1.55. The monoisotopic (exact) mass is 231 g/mol. The van der Waals surface area contributed by atoms with Crippen molar-refractivity contribution >= 4 is 17.6 Å². The van der Waals surface area contributed by atoms with Crippen LogP contribution in [0.15, 0.2) is 47.8 Å². The van der Waals surface area contributed by atoms with Crippen molar-refractivity contribution in [1.82, 2.24) is 9.97 Å². The average Bonchev–Trinajstić information content (AvgIpc) is 2.38. The van der Waals surface area contributed by atoms with E-state index in [1.165, 1.54) is 5.56 Å². The number of rotatable bonds is 4.